The van der Waals surface area contributed by atoms with E-state index in [1.54, 1.807) is 0 Å². The number of carbonyl (C=O) groups is 2. The van der Waals surface area contributed by atoms with Crippen molar-refractivity contribution < 1.29 is 14.3 Å². The largest absolute Gasteiger partial charge is 0.382 e. The van der Waals surface area contributed by atoms with E-state index >= 15 is 0 Å². The zero-order valence-electron chi connectivity index (χ0n) is 16.8. The minimum absolute atomic E-state index is 0. The van der Waals surface area contributed by atoms with Crippen LogP contribution in [-0.4, -0.2) is 56.1 Å². The van der Waals surface area contributed by atoms with Crippen molar-refractivity contribution in [2.24, 2.45) is 17.1 Å². The van der Waals surface area contributed by atoms with Gasteiger partial charge in [0.15, 0.2) is 0 Å². The number of piperidine rings is 1. The number of halogens is 1. The maximum Gasteiger partial charge on any atom is 0.223 e. The van der Waals surface area contributed by atoms with Crippen molar-refractivity contribution in [1.29, 1.82) is 0 Å². The minimum Gasteiger partial charge on any atom is -0.382 e. The highest BCUT2D eigenvalue weighted by atomic mass is 35.5. The Kier molecular flexibility index (Phi) is 11.3. The quantitative estimate of drug-likeness (QED) is 0.579. The molecule has 158 valence electrons. The lowest BCUT2D eigenvalue weighted by atomic mass is 9.71. The summed E-state index contributed by atoms with van der Waals surface area (Å²) in [5.41, 5.74) is 6.04. The molecule has 2 aliphatic rings. The predicted octanol–water partition coefficient (Wildman–Crippen LogP) is 2.49. The summed E-state index contributed by atoms with van der Waals surface area (Å²) in [5.74, 6) is 0.386. The summed E-state index contributed by atoms with van der Waals surface area (Å²) in [7, 11) is 0. The zero-order valence-corrected chi connectivity index (χ0v) is 17.7. The van der Waals surface area contributed by atoms with E-state index in [1.807, 2.05) is 11.8 Å². The molecule has 7 heteroatoms. The summed E-state index contributed by atoms with van der Waals surface area (Å²) in [4.78, 5) is 26.9. The third-order valence-corrected chi connectivity index (χ3v) is 6.06. The zero-order chi connectivity index (χ0) is 18.8. The molecule has 0 unspecified atom stereocenters. The van der Waals surface area contributed by atoms with Crippen molar-refractivity contribution in [2.45, 2.75) is 64.7 Å². The van der Waals surface area contributed by atoms with Crippen LogP contribution in [-0.2, 0) is 14.3 Å². The normalized spacial score (nSPS) is 20.0. The third-order valence-electron chi connectivity index (χ3n) is 6.06. The van der Waals surface area contributed by atoms with Gasteiger partial charge in [0.1, 0.15) is 0 Å². The summed E-state index contributed by atoms with van der Waals surface area (Å²) in [6.07, 6.45) is 8.76. The number of ether oxygens (including phenoxy) is 1. The smallest absolute Gasteiger partial charge is 0.223 e. The number of hydrogen-bond donors (Lipinski definition) is 2. The SMILES string of the molecule is CCOCCCNC(=O)C1CCN(C(=O)CC2(CN)CCCCC2)CC1.Cl. The first-order chi connectivity index (χ1) is 12.6. The van der Waals surface area contributed by atoms with Gasteiger partial charge in [0.25, 0.3) is 0 Å². The Labute approximate surface area is 170 Å². The first kappa shape index (κ1) is 24.2. The molecule has 1 heterocycles. The van der Waals surface area contributed by atoms with Gasteiger partial charge in [0, 0.05) is 45.2 Å². The Hall–Kier alpha value is -0.850. The van der Waals surface area contributed by atoms with Gasteiger partial charge in [0.05, 0.1) is 0 Å². The van der Waals surface area contributed by atoms with Crippen molar-refractivity contribution in [3.05, 3.63) is 0 Å². The van der Waals surface area contributed by atoms with Gasteiger partial charge in [-0.3, -0.25) is 9.59 Å². The minimum atomic E-state index is 0. The Bertz CT molecular complexity index is 448. The summed E-state index contributed by atoms with van der Waals surface area (Å²) in [6.45, 7) is 6.03. The molecule has 2 fully saturated rings. The van der Waals surface area contributed by atoms with Crippen LogP contribution in [0.5, 0.6) is 0 Å². The van der Waals surface area contributed by atoms with E-state index in [0.29, 0.717) is 45.8 Å². The lowest BCUT2D eigenvalue weighted by molar-refractivity contribution is -0.138. The van der Waals surface area contributed by atoms with E-state index in [0.717, 1.165) is 32.1 Å². The van der Waals surface area contributed by atoms with Crippen LogP contribution in [0.1, 0.15) is 64.7 Å². The van der Waals surface area contributed by atoms with Gasteiger partial charge in [0.2, 0.25) is 11.8 Å². The number of nitrogens with zero attached hydrogens (tertiary/aromatic N) is 1. The molecule has 1 aliphatic carbocycles. The maximum absolute atomic E-state index is 12.7. The number of likely N-dealkylation sites (tertiary alicyclic amines) is 1. The molecule has 3 N–H and O–H groups in total. The lowest BCUT2D eigenvalue weighted by Gasteiger charge is -2.38. The van der Waals surface area contributed by atoms with Crippen LogP contribution in [0.2, 0.25) is 0 Å². The molecule has 0 aromatic heterocycles. The van der Waals surface area contributed by atoms with Crippen molar-refractivity contribution in [1.82, 2.24) is 10.2 Å². The second-order valence-corrected chi connectivity index (χ2v) is 7.94. The topological polar surface area (TPSA) is 84.7 Å². The number of amides is 2. The van der Waals surface area contributed by atoms with E-state index in [4.69, 9.17) is 10.5 Å². The highest BCUT2D eigenvalue weighted by Gasteiger charge is 2.35. The Morgan fingerprint density at radius 2 is 1.85 bits per heavy atom. The maximum atomic E-state index is 12.7. The average Bonchev–Trinajstić information content (AvgIpc) is 2.68. The van der Waals surface area contributed by atoms with E-state index in [2.05, 4.69) is 5.32 Å². The van der Waals surface area contributed by atoms with E-state index in [1.165, 1.54) is 19.3 Å². The van der Waals surface area contributed by atoms with Crippen molar-refractivity contribution in [3.63, 3.8) is 0 Å². The fourth-order valence-corrected chi connectivity index (χ4v) is 4.25. The van der Waals surface area contributed by atoms with Crippen LogP contribution in [0.3, 0.4) is 0 Å². The summed E-state index contributed by atoms with van der Waals surface area (Å²) in [5, 5.41) is 3.00. The first-order valence-corrected chi connectivity index (χ1v) is 10.4. The van der Waals surface area contributed by atoms with Gasteiger partial charge < -0.3 is 20.7 Å². The fourth-order valence-electron chi connectivity index (χ4n) is 4.25. The summed E-state index contributed by atoms with van der Waals surface area (Å²) in [6, 6.07) is 0. The van der Waals surface area contributed by atoms with Gasteiger partial charge in [-0.1, -0.05) is 19.3 Å². The first-order valence-electron chi connectivity index (χ1n) is 10.4. The number of carbonyl (C=O) groups excluding carboxylic acids is 2. The van der Waals surface area contributed by atoms with Gasteiger partial charge in [-0.05, 0) is 51.0 Å². The highest BCUT2D eigenvalue weighted by Crippen LogP contribution is 2.39. The monoisotopic (exact) mass is 403 g/mol. The number of nitrogens with one attached hydrogen (secondary N) is 1. The molecule has 0 radical (unpaired) electrons. The van der Waals surface area contributed by atoms with Gasteiger partial charge in [-0.15, -0.1) is 12.4 Å². The average molecular weight is 404 g/mol. The Morgan fingerprint density at radius 1 is 1.19 bits per heavy atom. The molecule has 1 saturated carbocycles. The van der Waals surface area contributed by atoms with Crippen molar-refractivity contribution in [2.75, 3.05) is 39.4 Å². The molecular weight excluding hydrogens is 366 g/mol. The van der Waals surface area contributed by atoms with Crippen LogP contribution in [0.15, 0.2) is 0 Å². The molecule has 0 aromatic carbocycles. The molecule has 0 spiro atoms. The van der Waals surface area contributed by atoms with Crippen LogP contribution >= 0.6 is 12.4 Å². The molecule has 0 aromatic rings. The van der Waals surface area contributed by atoms with E-state index in [-0.39, 0.29) is 35.6 Å². The fraction of sp³-hybridized carbons (Fsp3) is 0.900. The molecule has 2 rings (SSSR count). The molecule has 27 heavy (non-hydrogen) atoms. The summed E-state index contributed by atoms with van der Waals surface area (Å²) >= 11 is 0. The Morgan fingerprint density at radius 3 is 2.44 bits per heavy atom. The molecule has 1 saturated heterocycles. The number of hydrogen-bond acceptors (Lipinski definition) is 4. The molecule has 2 amide bonds. The summed E-state index contributed by atoms with van der Waals surface area (Å²) < 4.78 is 5.28. The second kappa shape index (κ2) is 12.6. The Balaban J connectivity index is 0.00000364. The van der Waals surface area contributed by atoms with E-state index in [9.17, 15) is 9.59 Å². The van der Waals surface area contributed by atoms with Crippen LogP contribution < -0.4 is 11.1 Å². The number of rotatable bonds is 9. The highest BCUT2D eigenvalue weighted by molar-refractivity contribution is 5.85. The molecule has 6 nitrogen and oxygen atoms in total. The molecule has 0 atom stereocenters. The van der Waals surface area contributed by atoms with Gasteiger partial charge in [-0.2, -0.15) is 0 Å². The number of nitrogens with two attached hydrogens (primary N) is 1. The second-order valence-electron chi connectivity index (χ2n) is 7.94. The predicted molar refractivity (Wildman–Crippen MR) is 110 cm³/mol. The van der Waals surface area contributed by atoms with Crippen molar-refractivity contribution >= 4 is 24.2 Å². The standard InChI is InChI=1S/C20H37N3O3.ClH/c1-2-26-14-6-11-22-19(25)17-7-12-23(13-8-17)18(24)15-20(16-21)9-4-3-5-10-20;/h17H,2-16,21H2,1H3,(H,22,25);1H. The molecular formula is C20H38ClN3O3. The molecule has 1 aliphatic heterocycles. The van der Waals surface area contributed by atoms with Crippen LogP contribution in [0, 0.1) is 11.3 Å². The lowest BCUT2D eigenvalue weighted by Crippen LogP contribution is -2.46. The van der Waals surface area contributed by atoms with Crippen molar-refractivity contribution in [3.8, 4) is 0 Å². The van der Waals surface area contributed by atoms with Gasteiger partial charge in [-0.25, -0.2) is 0 Å². The third kappa shape index (κ3) is 7.59. The van der Waals surface area contributed by atoms with Crippen LogP contribution in [0.25, 0.3) is 0 Å². The van der Waals surface area contributed by atoms with E-state index < -0.39 is 0 Å². The van der Waals surface area contributed by atoms with Gasteiger partial charge >= 0.3 is 0 Å². The van der Waals surface area contributed by atoms with Crippen LogP contribution in [0.4, 0.5) is 0 Å². The molecule has 0 bridgehead atoms.